The van der Waals surface area contributed by atoms with Gasteiger partial charge in [-0.2, -0.15) is 0 Å². The molecule has 4 heteroatoms. The highest BCUT2D eigenvalue weighted by molar-refractivity contribution is 7.09. The molecule has 0 N–H and O–H groups in total. The number of halogens is 2. The van der Waals surface area contributed by atoms with Crippen molar-refractivity contribution in [3.8, 4) is 0 Å². The van der Waals surface area contributed by atoms with E-state index in [1.54, 1.807) is 17.4 Å². The molecule has 0 aliphatic rings. The van der Waals surface area contributed by atoms with Crippen LogP contribution < -0.4 is 0 Å². The highest BCUT2D eigenvalue weighted by Gasteiger charge is 2.07. The van der Waals surface area contributed by atoms with Gasteiger partial charge in [0.2, 0.25) is 0 Å². The van der Waals surface area contributed by atoms with Crippen LogP contribution in [0.25, 0.3) is 10.9 Å². The van der Waals surface area contributed by atoms with Crippen molar-refractivity contribution in [1.82, 2.24) is 4.57 Å². The van der Waals surface area contributed by atoms with Crippen LogP contribution in [0.5, 0.6) is 0 Å². The van der Waals surface area contributed by atoms with Gasteiger partial charge in [0.1, 0.15) is 0 Å². The first-order valence-electron chi connectivity index (χ1n) is 5.20. The van der Waals surface area contributed by atoms with Gasteiger partial charge in [-0.3, -0.25) is 0 Å². The monoisotopic (exact) mass is 281 g/mol. The number of thiophene rings is 1. The molecule has 17 heavy (non-hydrogen) atoms. The van der Waals surface area contributed by atoms with Gasteiger partial charge < -0.3 is 4.57 Å². The Hall–Kier alpha value is -0.960. The van der Waals surface area contributed by atoms with Crippen molar-refractivity contribution in [2.24, 2.45) is 0 Å². The van der Waals surface area contributed by atoms with Crippen molar-refractivity contribution in [1.29, 1.82) is 0 Å². The summed E-state index contributed by atoms with van der Waals surface area (Å²) in [5, 5.41) is 4.51. The molecule has 0 bridgehead atoms. The molecule has 3 rings (SSSR count). The van der Waals surface area contributed by atoms with Crippen LogP contribution >= 0.6 is 34.5 Å². The van der Waals surface area contributed by atoms with Gasteiger partial charge in [-0.05, 0) is 29.6 Å². The summed E-state index contributed by atoms with van der Waals surface area (Å²) in [6, 6.07) is 9.95. The van der Waals surface area contributed by atoms with E-state index in [9.17, 15) is 0 Å². The van der Waals surface area contributed by atoms with Gasteiger partial charge in [-0.25, -0.2) is 0 Å². The predicted molar refractivity (Wildman–Crippen MR) is 75.4 cm³/mol. The van der Waals surface area contributed by atoms with Crippen molar-refractivity contribution in [3.63, 3.8) is 0 Å². The minimum absolute atomic E-state index is 0.675. The fourth-order valence-electron chi connectivity index (χ4n) is 1.93. The molecule has 0 unspecified atom stereocenters. The molecular weight excluding hydrogens is 273 g/mol. The normalized spacial score (nSPS) is 11.2. The molecule has 2 aromatic heterocycles. The van der Waals surface area contributed by atoms with Crippen LogP contribution in [-0.4, -0.2) is 4.57 Å². The Balaban J connectivity index is 2.11. The lowest BCUT2D eigenvalue weighted by Crippen LogP contribution is -1.95. The van der Waals surface area contributed by atoms with E-state index < -0.39 is 0 Å². The van der Waals surface area contributed by atoms with E-state index in [-0.39, 0.29) is 0 Å². The van der Waals surface area contributed by atoms with E-state index >= 15 is 0 Å². The molecule has 2 heterocycles. The second kappa shape index (κ2) is 4.37. The van der Waals surface area contributed by atoms with Crippen molar-refractivity contribution < 1.29 is 0 Å². The first-order chi connectivity index (χ1) is 8.24. The Kier molecular flexibility index (Phi) is 2.87. The van der Waals surface area contributed by atoms with Gasteiger partial charge in [0, 0.05) is 21.5 Å². The quantitative estimate of drug-likeness (QED) is 0.619. The third-order valence-corrected chi connectivity index (χ3v) is 4.10. The summed E-state index contributed by atoms with van der Waals surface area (Å²) in [4.78, 5) is 1.32. The lowest BCUT2D eigenvalue weighted by atomic mass is 10.2. The van der Waals surface area contributed by atoms with E-state index in [0.717, 1.165) is 17.4 Å². The van der Waals surface area contributed by atoms with Crippen LogP contribution in [0, 0.1) is 0 Å². The number of nitrogens with zero attached hydrogens (tertiary/aromatic N) is 1. The second-order valence-corrected chi connectivity index (χ2v) is 5.72. The highest BCUT2D eigenvalue weighted by Crippen LogP contribution is 2.29. The highest BCUT2D eigenvalue weighted by atomic mass is 35.5. The number of hydrogen-bond donors (Lipinski definition) is 0. The summed E-state index contributed by atoms with van der Waals surface area (Å²) < 4.78 is 2.17. The van der Waals surface area contributed by atoms with Crippen LogP contribution in [0.4, 0.5) is 0 Å². The minimum Gasteiger partial charge on any atom is -0.342 e. The van der Waals surface area contributed by atoms with Gasteiger partial charge in [0.05, 0.1) is 17.1 Å². The van der Waals surface area contributed by atoms with E-state index in [2.05, 4.69) is 22.1 Å². The molecule has 1 aromatic carbocycles. The molecule has 0 amide bonds. The average Bonchev–Trinajstić information content (AvgIpc) is 2.89. The van der Waals surface area contributed by atoms with Gasteiger partial charge in [0.15, 0.2) is 0 Å². The lowest BCUT2D eigenvalue weighted by molar-refractivity contribution is 0.852. The standard InChI is InChI=1S/C13H9Cl2NS/c14-9-6-12(15)11-3-4-16(13(11)7-9)8-10-2-1-5-17-10/h1-7H,8H2. The molecule has 0 saturated carbocycles. The van der Waals surface area contributed by atoms with Gasteiger partial charge in [0.25, 0.3) is 0 Å². The predicted octanol–water partition coefficient (Wildman–Crippen LogP) is 5.06. The van der Waals surface area contributed by atoms with Crippen molar-refractivity contribution in [2.45, 2.75) is 6.54 Å². The zero-order chi connectivity index (χ0) is 11.8. The molecule has 0 spiro atoms. The number of hydrogen-bond acceptors (Lipinski definition) is 1. The van der Waals surface area contributed by atoms with Gasteiger partial charge in [-0.1, -0.05) is 29.3 Å². The van der Waals surface area contributed by atoms with Crippen LogP contribution in [0.3, 0.4) is 0 Å². The maximum Gasteiger partial charge on any atom is 0.0569 e. The molecule has 1 nitrogen and oxygen atoms in total. The third-order valence-electron chi connectivity index (χ3n) is 2.71. The zero-order valence-electron chi connectivity index (χ0n) is 8.86. The largest absolute Gasteiger partial charge is 0.342 e. The van der Waals surface area contributed by atoms with Crippen molar-refractivity contribution in [2.75, 3.05) is 0 Å². The molecule has 0 fully saturated rings. The molecule has 0 aliphatic carbocycles. The summed E-state index contributed by atoms with van der Waals surface area (Å²) in [5.41, 5.74) is 1.08. The average molecular weight is 282 g/mol. The van der Waals surface area contributed by atoms with Crippen LogP contribution in [-0.2, 0) is 6.54 Å². The summed E-state index contributed by atoms with van der Waals surface area (Å²) in [6.45, 7) is 0.859. The molecule has 86 valence electrons. The van der Waals surface area contributed by atoms with E-state index in [1.807, 2.05) is 18.3 Å². The molecule has 3 aromatic rings. The van der Waals surface area contributed by atoms with Crippen LogP contribution in [0.1, 0.15) is 4.88 Å². The molecular formula is C13H9Cl2NS. The Labute approximate surface area is 113 Å². The molecule has 0 atom stereocenters. The Morgan fingerprint density at radius 1 is 1.18 bits per heavy atom. The first-order valence-corrected chi connectivity index (χ1v) is 6.84. The summed E-state index contributed by atoms with van der Waals surface area (Å²) >= 11 is 14.0. The summed E-state index contributed by atoms with van der Waals surface area (Å²) in [5.74, 6) is 0. The van der Waals surface area contributed by atoms with Crippen molar-refractivity contribution in [3.05, 3.63) is 56.8 Å². The Morgan fingerprint density at radius 2 is 2.06 bits per heavy atom. The van der Waals surface area contributed by atoms with Crippen molar-refractivity contribution >= 4 is 45.4 Å². The fourth-order valence-corrected chi connectivity index (χ4v) is 3.18. The van der Waals surface area contributed by atoms with Crippen LogP contribution in [0.2, 0.25) is 10.0 Å². The summed E-state index contributed by atoms with van der Waals surface area (Å²) in [7, 11) is 0. The molecule has 0 saturated heterocycles. The Bertz CT molecular complexity index is 655. The van der Waals surface area contributed by atoms with E-state index in [0.29, 0.717) is 10.0 Å². The number of benzene rings is 1. The lowest BCUT2D eigenvalue weighted by Gasteiger charge is -2.04. The van der Waals surface area contributed by atoms with E-state index in [4.69, 9.17) is 23.2 Å². The Morgan fingerprint density at radius 3 is 2.82 bits per heavy atom. The van der Waals surface area contributed by atoms with Gasteiger partial charge in [-0.15, -0.1) is 11.3 Å². The SMILES string of the molecule is Clc1cc(Cl)c2ccn(Cc3cccs3)c2c1. The maximum atomic E-state index is 6.16. The second-order valence-electron chi connectivity index (χ2n) is 3.84. The third kappa shape index (κ3) is 2.08. The topological polar surface area (TPSA) is 4.93 Å². The fraction of sp³-hybridized carbons (Fsp3) is 0.0769. The number of fused-ring (bicyclic) bond motifs is 1. The maximum absolute atomic E-state index is 6.16. The minimum atomic E-state index is 0.675. The zero-order valence-corrected chi connectivity index (χ0v) is 11.2. The summed E-state index contributed by atoms with van der Waals surface area (Å²) in [6.07, 6.45) is 2.05. The van der Waals surface area contributed by atoms with E-state index in [1.165, 1.54) is 4.88 Å². The smallest absolute Gasteiger partial charge is 0.0569 e. The number of rotatable bonds is 2. The molecule has 0 radical (unpaired) electrons. The number of aromatic nitrogens is 1. The van der Waals surface area contributed by atoms with Crippen LogP contribution in [0.15, 0.2) is 41.9 Å². The molecule has 0 aliphatic heterocycles. The van der Waals surface area contributed by atoms with Gasteiger partial charge >= 0.3 is 0 Å². The first kappa shape index (κ1) is 11.1.